The molecule has 1 aromatic rings. The van der Waals surface area contributed by atoms with Crippen LogP contribution in [0, 0.1) is 5.41 Å². The highest BCUT2D eigenvalue weighted by Crippen LogP contribution is 2.40. The summed E-state index contributed by atoms with van der Waals surface area (Å²) in [5.41, 5.74) is 1.95. The number of carbonyl (C=O) groups excluding carboxylic acids is 2. The summed E-state index contributed by atoms with van der Waals surface area (Å²) < 4.78 is 0. The molecule has 1 aromatic carbocycles. The van der Waals surface area contributed by atoms with Crippen LogP contribution in [0.4, 0.5) is 0 Å². The smallest absolute Gasteiger partial charge is 0.190 e. The molecule has 3 heteroatoms. The van der Waals surface area contributed by atoms with Gasteiger partial charge in [0.05, 0.1) is 0 Å². The predicted octanol–water partition coefficient (Wildman–Crippen LogP) is 2.19. The molecular formula is C15H18O2Si. The van der Waals surface area contributed by atoms with Gasteiger partial charge in [0.25, 0.3) is 0 Å². The lowest BCUT2D eigenvalue weighted by molar-refractivity contribution is 0.0963. The van der Waals surface area contributed by atoms with Crippen molar-refractivity contribution in [2.45, 2.75) is 26.3 Å². The Bertz CT molecular complexity index is 553. The molecule has 0 heterocycles. The number of fused-ring (bicyclic) bond motifs is 1. The maximum atomic E-state index is 12.5. The molecule has 0 bridgehead atoms. The summed E-state index contributed by atoms with van der Waals surface area (Å²) in [6.07, 6.45) is 1.54. The Morgan fingerprint density at radius 2 is 1.67 bits per heavy atom. The molecule has 18 heavy (non-hydrogen) atoms. The third-order valence-corrected chi connectivity index (χ3v) is 5.54. The molecule has 0 amide bonds. The number of Topliss-reactive ketones (excluding diaryl/α,β-unsaturated/α-hetero) is 1. The lowest BCUT2D eigenvalue weighted by Gasteiger charge is -2.33. The minimum absolute atomic E-state index is 0.0119. The number of allylic oxidation sites excluding steroid dienone is 2. The van der Waals surface area contributed by atoms with E-state index >= 15 is 0 Å². The van der Waals surface area contributed by atoms with Gasteiger partial charge in [0.15, 0.2) is 11.6 Å². The summed E-state index contributed by atoms with van der Waals surface area (Å²) in [5, 5.41) is 0. The summed E-state index contributed by atoms with van der Waals surface area (Å²) >= 11 is 0. The van der Waals surface area contributed by atoms with Crippen LogP contribution in [0.3, 0.4) is 0 Å². The van der Waals surface area contributed by atoms with Gasteiger partial charge in [0, 0.05) is 26.9 Å². The van der Waals surface area contributed by atoms with Crippen molar-refractivity contribution < 1.29 is 9.59 Å². The highest BCUT2D eigenvalue weighted by molar-refractivity contribution is 6.25. The average Bonchev–Trinajstić information content (AvgIpc) is 2.33. The van der Waals surface area contributed by atoms with Gasteiger partial charge >= 0.3 is 0 Å². The van der Waals surface area contributed by atoms with Gasteiger partial charge in [0.2, 0.25) is 0 Å². The topological polar surface area (TPSA) is 34.1 Å². The SMILES string of the molecule is CC([SiH3])C(C)(C)C1=CC(=O)c2ccccc2C1=O. The van der Waals surface area contributed by atoms with Crippen molar-refractivity contribution in [3.63, 3.8) is 0 Å². The lowest BCUT2D eigenvalue weighted by Crippen LogP contribution is -2.29. The van der Waals surface area contributed by atoms with Crippen molar-refractivity contribution >= 4 is 21.8 Å². The van der Waals surface area contributed by atoms with Crippen LogP contribution >= 0.6 is 0 Å². The fraction of sp³-hybridized carbons (Fsp3) is 0.333. The van der Waals surface area contributed by atoms with Crippen LogP contribution in [-0.4, -0.2) is 21.8 Å². The van der Waals surface area contributed by atoms with Gasteiger partial charge in [-0.05, 0) is 17.0 Å². The Labute approximate surface area is 111 Å². The number of rotatable bonds is 2. The summed E-state index contributed by atoms with van der Waals surface area (Å²) in [6, 6.07) is 7.07. The molecule has 1 aliphatic rings. The first-order valence-corrected chi connectivity index (χ1v) is 7.41. The Hall–Kier alpha value is -1.48. The fourth-order valence-corrected chi connectivity index (χ4v) is 2.42. The second kappa shape index (κ2) is 4.32. The number of benzene rings is 1. The summed E-state index contributed by atoms with van der Waals surface area (Å²) in [4.78, 5) is 24.6. The molecule has 0 N–H and O–H groups in total. The van der Waals surface area contributed by atoms with E-state index in [4.69, 9.17) is 0 Å². The van der Waals surface area contributed by atoms with Gasteiger partial charge < -0.3 is 0 Å². The first-order valence-electron chi connectivity index (χ1n) is 6.26. The molecule has 0 radical (unpaired) electrons. The maximum Gasteiger partial charge on any atom is 0.190 e. The van der Waals surface area contributed by atoms with E-state index in [2.05, 4.69) is 20.8 Å². The molecule has 1 aliphatic carbocycles. The van der Waals surface area contributed by atoms with E-state index in [1.165, 1.54) is 0 Å². The van der Waals surface area contributed by atoms with Gasteiger partial charge in [-0.25, -0.2) is 0 Å². The average molecular weight is 258 g/mol. The minimum Gasteiger partial charge on any atom is -0.289 e. The van der Waals surface area contributed by atoms with E-state index < -0.39 is 0 Å². The molecule has 1 unspecified atom stereocenters. The van der Waals surface area contributed by atoms with Gasteiger partial charge in [-0.2, -0.15) is 0 Å². The van der Waals surface area contributed by atoms with Crippen LogP contribution in [-0.2, 0) is 0 Å². The third-order valence-electron chi connectivity index (χ3n) is 4.09. The molecule has 0 saturated carbocycles. The first kappa shape index (κ1) is 13.0. The van der Waals surface area contributed by atoms with Crippen LogP contribution in [0.2, 0.25) is 5.54 Å². The van der Waals surface area contributed by atoms with Crippen LogP contribution in [0.25, 0.3) is 0 Å². The molecular weight excluding hydrogens is 240 g/mol. The van der Waals surface area contributed by atoms with E-state index in [1.807, 2.05) is 6.07 Å². The van der Waals surface area contributed by atoms with Crippen LogP contribution in [0.5, 0.6) is 0 Å². The Morgan fingerprint density at radius 3 is 2.22 bits per heavy atom. The van der Waals surface area contributed by atoms with E-state index in [1.54, 1.807) is 24.3 Å². The van der Waals surface area contributed by atoms with Crippen molar-refractivity contribution in [2.75, 3.05) is 0 Å². The Morgan fingerprint density at radius 1 is 1.11 bits per heavy atom. The fourth-order valence-electron chi connectivity index (χ4n) is 2.11. The Kier molecular flexibility index (Phi) is 3.11. The zero-order valence-electron chi connectivity index (χ0n) is 11.3. The maximum absolute atomic E-state index is 12.5. The standard InChI is InChI=1S/C15H18O2Si/c1-9(18)15(2,3)12-8-13(16)10-6-4-5-7-11(10)14(12)17/h4-9H,1-3,18H3. The number of hydrogen-bond acceptors (Lipinski definition) is 2. The summed E-state index contributed by atoms with van der Waals surface area (Å²) in [7, 11) is 0.998. The molecule has 2 rings (SSSR count). The largest absolute Gasteiger partial charge is 0.289 e. The van der Waals surface area contributed by atoms with Crippen LogP contribution < -0.4 is 0 Å². The molecule has 1 atom stereocenters. The minimum atomic E-state index is -0.230. The van der Waals surface area contributed by atoms with E-state index in [0.717, 1.165) is 10.2 Å². The van der Waals surface area contributed by atoms with Crippen molar-refractivity contribution in [3.8, 4) is 0 Å². The second-order valence-corrected chi connectivity index (χ2v) is 7.41. The highest BCUT2D eigenvalue weighted by atomic mass is 28.1. The van der Waals surface area contributed by atoms with Gasteiger partial charge in [-0.1, -0.05) is 45.0 Å². The van der Waals surface area contributed by atoms with Crippen molar-refractivity contribution in [2.24, 2.45) is 5.41 Å². The van der Waals surface area contributed by atoms with Crippen molar-refractivity contribution in [3.05, 3.63) is 47.0 Å². The predicted molar refractivity (Wildman–Crippen MR) is 76.3 cm³/mol. The van der Waals surface area contributed by atoms with Gasteiger partial charge in [-0.3, -0.25) is 9.59 Å². The van der Waals surface area contributed by atoms with E-state index in [9.17, 15) is 9.59 Å². The zero-order valence-corrected chi connectivity index (χ0v) is 13.3. The summed E-state index contributed by atoms with van der Waals surface area (Å²) in [6.45, 7) is 6.23. The zero-order chi connectivity index (χ0) is 13.5. The Balaban J connectivity index is 2.56. The third kappa shape index (κ3) is 1.88. The van der Waals surface area contributed by atoms with Crippen molar-refractivity contribution in [1.29, 1.82) is 0 Å². The molecule has 0 aromatic heterocycles. The second-order valence-electron chi connectivity index (χ2n) is 5.67. The molecule has 0 fully saturated rings. The quantitative estimate of drug-likeness (QED) is 0.762. The number of hydrogen-bond donors (Lipinski definition) is 0. The van der Waals surface area contributed by atoms with Crippen molar-refractivity contribution in [1.82, 2.24) is 0 Å². The monoisotopic (exact) mass is 258 g/mol. The summed E-state index contributed by atoms with van der Waals surface area (Å²) in [5.74, 6) is -0.0338. The number of carbonyl (C=O) groups is 2. The van der Waals surface area contributed by atoms with Gasteiger partial charge in [0.1, 0.15) is 0 Å². The normalized spacial score (nSPS) is 17.4. The number of ketones is 2. The molecule has 2 nitrogen and oxygen atoms in total. The highest BCUT2D eigenvalue weighted by Gasteiger charge is 2.36. The first-order chi connectivity index (χ1) is 8.35. The van der Waals surface area contributed by atoms with Gasteiger partial charge in [-0.15, -0.1) is 0 Å². The van der Waals surface area contributed by atoms with Crippen LogP contribution in [0.1, 0.15) is 41.5 Å². The lowest BCUT2D eigenvalue weighted by atomic mass is 9.74. The molecule has 0 saturated heterocycles. The molecule has 0 aliphatic heterocycles. The van der Waals surface area contributed by atoms with E-state index in [-0.39, 0.29) is 17.0 Å². The van der Waals surface area contributed by atoms with Crippen LogP contribution in [0.15, 0.2) is 35.9 Å². The molecule has 0 spiro atoms. The van der Waals surface area contributed by atoms with E-state index in [0.29, 0.717) is 22.2 Å². The molecule has 94 valence electrons.